The normalized spacial score (nSPS) is 30.9. The number of ether oxygens (including phenoxy) is 2. The molecule has 1 aliphatic carbocycles. The lowest BCUT2D eigenvalue weighted by atomic mass is 9.79. The fraction of sp³-hybridized carbons (Fsp3) is 0.667. The molecular formula is C27H39N3O5. The van der Waals surface area contributed by atoms with Gasteiger partial charge in [0.25, 0.3) is 0 Å². The van der Waals surface area contributed by atoms with Crippen molar-refractivity contribution in [3.63, 3.8) is 0 Å². The number of carbonyl (C=O) groups is 3. The quantitative estimate of drug-likeness (QED) is 0.419. The number of morpholine rings is 1. The summed E-state index contributed by atoms with van der Waals surface area (Å²) in [6, 6.07) is -0.541. The van der Waals surface area contributed by atoms with Crippen molar-refractivity contribution in [1.82, 2.24) is 15.1 Å². The molecule has 4 atom stereocenters. The molecule has 8 nitrogen and oxygen atoms in total. The van der Waals surface area contributed by atoms with Crippen LogP contribution in [0.4, 0.5) is 0 Å². The van der Waals surface area contributed by atoms with Crippen LogP contribution < -0.4 is 5.32 Å². The average molecular weight is 486 g/mol. The van der Waals surface area contributed by atoms with Gasteiger partial charge >= 0.3 is 0 Å². The van der Waals surface area contributed by atoms with Crippen molar-refractivity contribution in [3.05, 3.63) is 35.5 Å². The Morgan fingerprint density at radius 1 is 1.20 bits per heavy atom. The monoisotopic (exact) mass is 485 g/mol. The van der Waals surface area contributed by atoms with Gasteiger partial charge in [0, 0.05) is 44.4 Å². The summed E-state index contributed by atoms with van der Waals surface area (Å²) in [5.41, 5.74) is 3.34. The molecule has 3 amide bonds. The molecule has 0 radical (unpaired) electrons. The van der Waals surface area contributed by atoms with Gasteiger partial charge in [0.05, 0.1) is 25.9 Å². The van der Waals surface area contributed by atoms with E-state index in [1.807, 2.05) is 6.92 Å². The number of allylic oxidation sites excluding steroid dienone is 1. The molecule has 0 aromatic carbocycles. The Morgan fingerprint density at radius 3 is 2.69 bits per heavy atom. The average Bonchev–Trinajstić information content (AvgIpc) is 3.17. The van der Waals surface area contributed by atoms with E-state index < -0.39 is 6.04 Å². The molecule has 3 aliphatic heterocycles. The summed E-state index contributed by atoms with van der Waals surface area (Å²) in [7, 11) is 0. The van der Waals surface area contributed by atoms with Gasteiger partial charge in [0.15, 0.2) is 0 Å². The number of hydrogen-bond acceptors (Lipinski definition) is 6. The molecule has 1 N–H and O–H groups in total. The number of imide groups is 1. The standard InChI is InChI=1S/C27H39N3O5/c1-4-20(19(3)14-18(2)15-29-10-12-34-13-11-29)17-35-24-7-5-6-21-22(24)16-30(27(21)33)23-8-9-25(31)28-26(23)32/h4,14,21-24H,2,5-13,15-17H2,1,3H3,(H,28,31,32)/b19-14-,20-4-. The molecule has 192 valence electrons. The second-order valence-electron chi connectivity index (χ2n) is 10.2. The lowest BCUT2D eigenvalue weighted by Gasteiger charge is -2.32. The first-order valence-corrected chi connectivity index (χ1v) is 12.9. The zero-order valence-corrected chi connectivity index (χ0v) is 21.1. The van der Waals surface area contributed by atoms with Crippen molar-refractivity contribution in [2.75, 3.05) is 46.0 Å². The van der Waals surface area contributed by atoms with E-state index in [9.17, 15) is 14.4 Å². The number of nitrogens with zero attached hydrogens (tertiary/aromatic N) is 2. The summed E-state index contributed by atoms with van der Waals surface area (Å²) < 4.78 is 11.9. The molecule has 3 saturated heterocycles. The molecule has 3 heterocycles. The van der Waals surface area contributed by atoms with Gasteiger partial charge in [-0.15, -0.1) is 0 Å². The summed E-state index contributed by atoms with van der Waals surface area (Å²) in [6.07, 6.45) is 7.59. The van der Waals surface area contributed by atoms with E-state index >= 15 is 0 Å². The van der Waals surface area contributed by atoms with E-state index in [2.05, 4.69) is 35.9 Å². The van der Waals surface area contributed by atoms with Crippen LogP contribution >= 0.6 is 0 Å². The van der Waals surface area contributed by atoms with E-state index in [0.717, 1.165) is 68.8 Å². The van der Waals surface area contributed by atoms with Crippen molar-refractivity contribution in [3.8, 4) is 0 Å². The highest BCUT2D eigenvalue weighted by Gasteiger charge is 2.50. The summed E-state index contributed by atoms with van der Waals surface area (Å²) in [4.78, 5) is 41.1. The Bertz CT molecular complexity index is 904. The minimum atomic E-state index is -0.541. The highest BCUT2D eigenvalue weighted by molar-refractivity contribution is 6.02. The molecule has 0 aromatic rings. The number of rotatable bonds is 8. The first kappa shape index (κ1) is 25.8. The van der Waals surface area contributed by atoms with Crippen LogP contribution in [0.15, 0.2) is 35.5 Å². The maximum absolute atomic E-state index is 13.2. The Balaban J connectivity index is 1.34. The van der Waals surface area contributed by atoms with Crippen molar-refractivity contribution >= 4 is 17.7 Å². The molecule has 8 heteroatoms. The molecule has 4 aliphatic rings. The smallest absolute Gasteiger partial charge is 0.249 e. The van der Waals surface area contributed by atoms with Gasteiger partial charge in [-0.25, -0.2) is 0 Å². The number of hydrogen-bond donors (Lipinski definition) is 1. The van der Waals surface area contributed by atoms with E-state index in [0.29, 0.717) is 19.6 Å². The first-order chi connectivity index (χ1) is 16.9. The third-order valence-corrected chi connectivity index (χ3v) is 7.85. The highest BCUT2D eigenvalue weighted by atomic mass is 16.5. The number of piperidine rings is 1. The lowest BCUT2D eigenvalue weighted by Crippen LogP contribution is -2.53. The second kappa shape index (κ2) is 11.6. The minimum absolute atomic E-state index is 0.0183. The van der Waals surface area contributed by atoms with Gasteiger partial charge in [-0.2, -0.15) is 0 Å². The van der Waals surface area contributed by atoms with Crippen LogP contribution in [0.25, 0.3) is 0 Å². The lowest BCUT2D eigenvalue weighted by molar-refractivity contribution is -0.144. The highest BCUT2D eigenvalue weighted by Crippen LogP contribution is 2.40. The van der Waals surface area contributed by atoms with E-state index in [4.69, 9.17) is 9.47 Å². The van der Waals surface area contributed by atoms with Crippen LogP contribution in [-0.2, 0) is 23.9 Å². The van der Waals surface area contributed by atoms with Crippen LogP contribution in [0.3, 0.4) is 0 Å². The maximum atomic E-state index is 13.2. The Labute approximate surface area is 208 Å². The van der Waals surface area contributed by atoms with E-state index in [1.165, 1.54) is 0 Å². The third-order valence-electron chi connectivity index (χ3n) is 7.85. The number of carbonyl (C=O) groups excluding carboxylic acids is 3. The summed E-state index contributed by atoms with van der Waals surface area (Å²) in [6.45, 7) is 13.6. The van der Waals surface area contributed by atoms with Crippen LogP contribution in [0.5, 0.6) is 0 Å². The number of amides is 3. The maximum Gasteiger partial charge on any atom is 0.249 e. The number of likely N-dealkylation sites (tertiary alicyclic amines) is 1. The van der Waals surface area contributed by atoms with Gasteiger partial charge in [0.1, 0.15) is 6.04 Å². The van der Waals surface area contributed by atoms with E-state index in [1.54, 1.807) is 4.90 Å². The topological polar surface area (TPSA) is 88.2 Å². The van der Waals surface area contributed by atoms with Gasteiger partial charge in [-0.05, 0) is 49.8 Å². The van der Waals surface area contributed by atoms with Crippen LogP contribution in [0.2, 0.25) is 0 Å². The van der Waals surface area contributed by atoms with Crippen molar-refractivity contribution in [2.45, 2.75) is 58.1 Å². The van der Waals surface area contributed by atoms with Crippen molar-refractivity contribution < 1.29 is 23.9 Å². The summed E-state index contributed by atoms with van der Waals surface area (Å²) in [5.74, 6) is -0.579. The fourth-order valence-corrected chi connectivity index (χ4v) is 5.89. The van der Waals surface area contributed by atoms with Crippen LogP contribution in [0.1, 0.15) is 46.0 Å². The summed E-state index contributed by atoms with van der Waals surface area (Å²) >= 11 is 0. The van der Waals surface area contributed by atoms with E-state index in [-0.39, 0.29) is 42.1 Å². The Kier molecular flexibility index (Phi) is 8.57. The zero-order valence-electron chi connectivity index (χ0n) is 21.1. The van der Waals surface area contributed by atoms with Crippen LogP contribution in [-0.4, -0.2) is 85.7 Å². The van der Waals surface area contributed by atoms with Gasteiger partial charge in [-0.1, -0.05) is 25.2 Å². The molecule has 1 saturated carbocycles. The molecule has 0 aromatic heterocycles. The predicted molar refractivity (Wildman–Crippen MR) is 132 cm³/mol. The second-order valence-corrected chi connectivity index (χ2v) is 10.2. The zero-order chi connectivity index (χ0) is 24.9. The Hall–Kier alpha value is -2.29. The molecule has 4 rings (SSSR count). The molecule has 35 heavy (non-hydrogen) atoms. The first-order valence-electron chi connectivity index (χ1n) is 12.9. The minimum Gasteiger partial charge on any atom is -0.379 e. The number of fused-ring (bicyclic) bond motifs is 1. The van der Waals surface area contributed by atoms with Gasteiger partial charge < -0.3 is 14.4 Å². The molecule has 0 bridgehead atoms. The SMILES string of the molecule is C=C(/C=C(C)\C(=C/C)COC1CCCC2C(=O)N(C3CCC(=O)NC3=O)CC12)CN1CCOCC1. The van der Waals surface area contributed by atoms with Crippen LogP contribution in [0, 0.1) is 11.8 Å². The molecular weight excluding hydrogens is 446 g/mol. The van der Waals surface area contributed by atoms with Crippen molar-refractivity contribution in [2.24, 2.45) is 11.8 Å². The third kappa shape index (κ3) is 6.11. The van der Waals surface area contributed by atoms with Gasteiger partial charge in [0.2, 0.25) is 17.7 Å². The fourth-order valence-electron chi connectivity index (χ4n) is 5.89. The predicted octanol–water partition coefficient (Wildman–Crippen LogP) is 2.22. The molecule has 0 spiro atoms. The van der Waals surface area contributed by atoms with Gasteiger partial charge in [-0.3, -0.25) is 24.6 Å². The molecule has 4 fully saturated rings. The van der Waals surface area contributed by atoms with Crippen molar-refractivity contribution in [1.29, 1.82) is 0 Å². The Morgan fingerprint density at radius 2 is 1.97 bits per heavy atom. The summed E-state index contributed by atoms with van der Waals surface area (Å²) in [5, 5.41) is 2.39. The largest absolute Gasteiger partial charge is 0.379 e. The number of nitrogens with one attached hydrogen (secondary N) is 1. The molecule has 4 unspecified atom stereocenters.